The summed E-state index contributed by atoms with van der Waals surface area (Å²) in [5.74, 6) is -1.14. The molecule has 1 atom stereocenters. The lowest BCUT2D eigenvalue weighted by Crippen LogP contribution is -2.52. The molecule has 0 aliphatic carbocycles. The van der Waals surface area contributed by atoms with Gasteiger partial charge in [0.15, 0.2) is 0 Å². The lowest BCUT2D eigenvalue weighted by atomic mass is 10.2. The molecular weight excluding hydrogens is 490 g/mol. The molecule has 8 nitrogen and oxygen atoms in total. The maximum atomic E-state index is 13.1. The number of rotatable bonds is 10. The van der Waals surface area contributed by atoms with Crippen molar-refractivity contribution < 1.29 is 27.9 Å². The third kappa shape index (κ3) is 6.95. The highest BCUT2D eigenvalue weighted by molar-refractivity contribution is 7.18. The van der Waals surface area contributed by atoms with Gasteiger partial charge in [-0.25, -0.2) is 8.78 Å². The number of anilines is 2. The third-order valence-electron chi connectivity index (χ3n) is 5.21. The van der Waals surface area contributed by atoms with Crippen molar-refractivity contribution in [1.82, 2.24) is 10.2 Å². The molecular formula is C22H25ClF2N4O4S. The van der Waals surface area contributed by atoms with Gasteiger partial charge >= 0.3 is 0 Å². The lowest BCUT2D eigenvalue weighted by Gasteiger charge is -2.30. The van der Waals surface area contributed by atoms with Crippen molar-refractivity contribution in [2.45, 2.75) is 19.4 Å². The minimum atomic E-state index is -2.65. The molecule has 1 saturated heterocycles. The van der Waals surface area contributed by atoms with Gasteiger partial charge in [-0.2, -0.15) is 0 Å². The number of nitrogens with one attached hydrogen (secondary N) is 2. The van der Waals surface area contributed by atoms with Gasteiger partial charge in [-0.3, -0.25) is 19.3 Å². The zero-order chi connectivity index (χ0) is 24.7. The second-order valence-electron chi connectivity index (χ2n) is 7.44. The Morgan fingerprint density at radius 3 is 2.56 bits per heavy atom. The Morgan fingerprint density at radius 2 is 1.97 bits per heavy atom. The van der Waals surface area contributed by atoms with Crippen LogP contribution in [-0.4, -0.2) is 74.5 Å². The van der Waals surface area contributed by atoms with Crippen LogP contribution < -0.4 is 15.5 Å². The van der Waals surface area contributed by atoms with Crippen molar-refractivity contribution in [3.63, 3.8) is 0 Å². The van der Waals surface area contributed by atoms with Crippen LogP contribution in [-0.2, 0) is 14.3 Å². The monoisotopic (exact) mass is 514 g/mol. The van der Waals surface area contributed by atoms with E-state index in [2.05, 4.69) is 10.6 Å². The molecule has 0 radical (unpaired) electrons. The van der Waals surface area contributed by atoms with Crippen molar-refractivity contribution in [2.24, 2.45) is 0 Å². The largest absolute Gasteiger partial charge is 0.370 e. The van der Waals surface area contributed by atoms with Gasteiger partial charge in [0, 0.05) is 24.5 Å². The van der Waals surface area contributed by atoms with Gasteiger partial charge in [-0.15, -0.1) is 11.3 Å². The molecule has 1 fully saturated rings. The molecule has 1 aromatic carbocycles. The maximum Gasteiger partial charge on any atom is 0.261 e. The molecule has 34 heavy (non-hydrogen) atoms. The summed E-state index contributed by atoms with van der Waals surface area (Å²) in [5, 5.41) is 5.35. The first-order valence-electron chi connectivity index (χ1n) is 10.6. The van der Waals surface area contributed by atoms with E-state index in [0.717, 1.165) is 11.3 Å². The first-order valence-corrected chi connectivity index (χ1v) is 11.8. The van der Waals surface area contributed by atoms with Gasteiger partial charge < -0.3 is 20.3 Å². The normalized spacial score (nSPS) is 15.0. The van der Waals surface area contributed by atoms with E-state index in [1.54, 1.807) is 48.2 Å². The molecule has 1 aliphatic heterocycles. The Bertz CT molecular complexity index is 1010. The van der Waals surface area contributed by atoms with Crippen LogP contribution in [0.15, 0.2) is 36.4 Å². The number of carbonyl (C=O) groups is 3. The highest BCUT2D eigenvalue weighted by Crippen LogP contribution is 2.22. The average molecular weight is 515 g/mol. The molecule has 0 saturated carbocycles. The van der Waals surface area contributed by atoms with Crippen molar-refractivity contribution in [3.8, 4) is 0 Å². The van der Waals surface area contributed by atoms with Crippen LogP contribution in [0.4, 0.5) is 20.2 Å². The number of alkyl halides is 2. The fourth-order valence-electron chi connectivity index (χ4n) is 3.50. The van der Waals surface area contributed by atoms with Crippen LogP contribution >= 0.6 is 22.9 Å². The molecule has 3 rings (SSSR count). The smallest absolute Gasteiger partial charge is 0.261 e. The minimum Gasteiger partial charge on any atom is -0.370 e. The van der Waals surface area contributed by atoms with Gasteiger partial charge in [-0.05, 0) is 42.9 Å². The number of ether oxygens (including phenoxy) is 1. The van der Waals surface area contributed by atoms with E-state index in [0.29, 0.717) is 33.7 Å². The number of hydrogen-bond acceptors (Lipinski definition) is 6. The highest BCUT2D eigenvalue weighted by Gasteiger charge is 2.28. The molecule has 0 unspecified atom stereocenters. The second kappa shape index (κ2) is 12.2. The predicted octanol–water partition coefficient (Wildman–Crippen LogP) is 3.09. The summed E-state index contributed by atoms with van der Waals surface area (Å²) in [5.41, 5.74) is 1.10. The minimum absolute atomic E-state index is 0.0144. The summed E-state index contributed by atoms with van der Waals surface area (Å²) >= 11 is 6.94. The Kier molecular flexibility index (Phi) is 9.34. The summed E-state index contributed by atoms with van der Waals surface area (Å²) in [4.78, 5) is 40.7. The van der Waals surface area contributed by atoms with Gasteiger partial charge in [0.2, 0.25) is 5.91 Å². The first kappa shape index (κ1) is 26.0. The standard InChI is InChI=1S/C22H25ClF2N4O4S/c1-2-28(12-19(24)25)16(11-26-22(32)17-7-8-18(23)34-17)21(31)27-14-3-5-15(6-4-14)29-9-10-33-13-20(29)30/h3-8,16,19H,2,9-13H2,1H3,(H,26,32)(H,27,31)/t16-/m1/s1. The van der Waals surface area contributed by atoms with Crippen molar-refractivity contribution >= 4 is 52.0 Å². The molecule has 184 valence electrons. The molecule has 2 N–H and O–H groups in total. The number of amides is 3. The Balaban J connectivity index is 1.69. The van der Waals surface area contributed by atoms with Crippen molar-refractivity contribution in [3.05, 3.63) is 45.6 Å². The lowest BCUT2D eigenvalue weighted by molar-refractivity contribution is -0.125. The highest BCUT2D eigenvalue weighted by atomic mass is 35.5. The number of hydrogen-bond donors (Lipinski definition) is 2. The topological polar surface area (TPSA) is 91.0 Å². The molecule has 2 aromatic rings. The molecule has 0 bridgehead atoms. The van der Waals surface area contributed by atoms with Gasteiger partial charge in [0.25, 0.3) is 18.2 Å². The van der Waals surface area contributed by atoms with Crippen molar-refractivity contribution in [1.29, 1.82) is 0 Å². The fraction of sp³-hybridized carbons (Fsp3) is 0.409. The summed E-state index contributed by atoms with van der Waals surface area (Å²) < 4.78 is 31.8. The quantitative estimate of drug-likeness (QED) is 0.508. The Hall–Kier alpha value is -2.60. The fourth-order valence-corrected chi connectivity index (χ4v) is 4.46. The van der Waals surface area contributed by atoms with Crippen molar-refractivity contribution in [2.75, 3.05) is 49.6 Å². The summed E-state index contributed by atoms with van der Waals surface area (Å²) in [7, 11) is 0. The molecule has 2 heterocycles. The Morgan fingerprint density at radius 1 is 1.24 bits per heavy atom. The van der Waals surface area contributed by atoms with E-state index < -0.39 is 30.8 Å². The van der Waals surface area contributed by atoms with Crippen LogP contribution in [0.3, 0.4) is 0 Å². The predicted molar refractivity (Wildman–Crippen MR) is 127 cm³/mol. The maximum absolute atomic E-state index is 13.1. The van der Waals surface area contributed by atoms with E-state index in [1.807, 2.05) is 0 Å². The number of carbonyl (C=O) groups excluding carboxylic acids is 3. The number of nitrogens with zero attached hydrogens (tertiary/aromatic N) is 2. The molecule has 0 spiro atoms. The van der Waals surface area contributed by atoms with E-state index in [-0.39, 0.29) is 25.6 Å². The Labute approximate surface area is 204 Å². The van der Waals surface area contributed by atoms with Gasteiger partial charge in [0.05, 0.1) is 22.4 Å². The molecule has 12 heteroatoms. The van der Waals surface area contributed by atoms with Crippen LogP contribution in [0.25, 0.3) is 0 Å². The van der Waals surface area contributed by atoms with E-state index in [1.165, 1.54) is 4.90 Å². The van der Waals surface area contributed by atoms with E-state index in [9.17, 15) is 23.2 Å². The number of benzene rings is 1. The third-order valence-corrected chi connectivity index (χ3v) is 6.44. The summed E-state index contributed by atoms with van der Waals surface area (Å²) in [6.45, 7) is 1.95. The van der Waals surface area contributed by atoms with Crippen LogP contribution in [0.1, 0.15) is 16.6 Å². The van der Waals surface area contributed by atoms with E-state index in [4.69, 9.17) is 16.3 Å². The number of halogens is 3. The second-order valence-corrected chi connectivity index (χ2v) is 9.16. The average Bonchev–Trinajstić information content (AvgIpc) is 3.25. The van der Waals surface area contributed by atoms with Gasteiger partial charge in [0.1, 0.15) is 12.6 Å². The molecule has 3 amide bonds. The zero-order valence-corrected chi connectivity index (χ0v) is 20.0. The summed E-state index contributed by atoms with van der Waals surface area (Å²) in [6.07, 6.45) is -2.65. The SMILES string of the molecule is CCN(CC(F)F)[C@H](CNC(=O)c1ccc(Cl)s1)C(=O)Nc1ccc(N2CCOCC2=O)cc1. The number of thiophene rings is 1. The van der Waals surface area contributed by atoms with E-state index >= 15 is 0 Å². The molecule has 1 aromatic heterocycles. The van der Waals surface area contributed by atoms with Crippen LogP contribution in [0, 0.1) is 0 Å². The van der Waals surface area contributed by atoms with Gasteiger partial charge in [-0.1, -0.05) is 18.5 Å². The number of morpholine rings is 1. The zero-order valence-electron chi connectivity index (χ0n) is 18.4. The van der Waals surface area contributed by atoms with Crippen LogP contribution in [0.2, 0.25) is 4.34 Å². The first-order chi connectivity index (χ1) is 16.3. The summed E-state index contributed by atoms with van der Waals surface area (Å²) in [6, 6.07) is 8.73. The number of likely N-dealkylation sites (N-methyl/N-ethyl adjacent to an activating group) is 1. The molecule has 1 aliphatic rings. The van der Waals surface area contributed by atoms with Crippen LogP contribution in [0.5, 0.6) is 0 Å².